The first kappa shape index (κ1) is 18.2. The van der Waals surface area contributed by atoms with Crippen LogP contribution in [0.2, 0.25) is 0 Å². The summed E-state index contributed by atoms with van der Waals surface area (Å²) in [6.45, 7) is 7.37. The third-order valence-electron chi connectivity index (χ3n) is 2.40. The van der Waals surface area contributed by atoms with Crippen molar-refractivity contribution in [2.45, 2.75) is 33.2 Å². The highest BCUT2D eigenvalue weighted by atomic mass is 16.5. The molecule has 0 aliphatic carbocycles. The summed E-state index contributed by atoms with van der Waals surface area (Å²) in [5.41, 5.74) is 1.00. The zero-order valence-corrected chi connectivity index (χ0v) is 12.8. The van der Waals surface area contributed by atoms with Crippen molar-refractivity contribution in [3.05, 3.63) is 29.8 Å². The van der Waals surface area contributed by atoms with Crippen LogP contribution in [0.1, 0.15) is 38.8 Å². The van der Waals surface area contributed by atoms with Crippen LogP contribution < -0.4 is 10.6 Å². The SMILES string of the molecule is CCC.COC(=O)NCCN[C@@H](C)c1cccc(O)c1. The Bertz CT molecular complexity index is 383. The van der Waals surface area contributed by atoms with Gasteiger partial charge in [-0.05, 0) is 24.6 Å². The van der Waals surface area contributed by atoms with Gasteiger partial charge < -0.3 is 20.5 Å². The molecule has 0 aliphatic rings. The largest absolute Gasteiger partial charge is 0.508 e. The average molecular weight is 282 g/mol. The van der Waals surface area contributed by atoms with Crippen LogP contribution in [-0.4, -0.2) is 31.4 Å². The van der Waals surface area contributed by atoms with E-state index >= 15 is 0 Å². The number of nitrogens with one attached hydrogen (secondary N) is 2. The molecule has 0 saturated carbocycles. The number of aromatic hydroxyl groups is 1. The van der Waals surface area contributed by atoms with E-state index in [0.29, 0.717) is 13.1 Å². The number of carbonyl (C=O) groups is 1. The van der Waals surface area contributed by atoms with Gasteiger partial charge in [-0.2, -0.15) is 0 Å². The molecular formula is C15H26N2O3. The van der Waals surface area contributed by atoms with Gasteiger partial charge in [-0.3, -0.25) is 0 Å². The van der Waals surface area contributed by atoms with E-state index in [-0.39, 0.29) is 11.8 Å². The summed E-state index contributed by atoms with van der Waals surface area (Å²) < 4.78 is 4.45. The molecule has 1 amide bonds. The van der Waals surface area contributed by atoms with Crippen molar-refractivity contribution in [2.24, 2.45) is 0 Å². The van der Waals surface area contributed by atoms with Gasteiger partial charge in [0.25, 0.3) is 0 Å². The molecule has 1 aromatic carbocycles. The third-order valence-corrected chi connectivity index (χ3v) is 2.40. The predicted octanol–water partition coefficient (Wildman–Crippen LogP) is 2.82. The maximum atomic E-state index is 10.8. The van der Waals surface area contributed by atoms with Crippen LogP contribution in [0, 0.1) is 0 Å². The van der Waals surface area contributed by atoms with Gasteiger partial charge in [-0.15, -0.1) is 0 Å². The van der Waals surface area contributed by atoms with Crippen molar-refractivity contribution in [3.8, 4) is 5.75 Å². The Labute approximate surface area is 121 Å². The summed E-state index contributed by atoms with van der Waals surface area (Å²) in [5.74, 6) is 0.254. The summed E-state index contributed by atoms with van der Waals surface area (Å²) in [6.07, 6.45) is 0.816. The number of ether oxygens (including phenoxy) is 1. The molecular weight excluding hydrogens is 256 g/mol. The molecule has 0 saturated heterocycles. The summed E-state index contributed by atoms with van der Waals surface area (Å²) in [6, 6.07) is 7.20. The summed E-state index contributed by atoms with van der Waals surface area (Å²) in [4.78, 5) is 10.8. The minimum atomic E-state index is -0.434. The van der Waals surface area contributed by atoms with Crippen molar-refractivity contribution in [3.63, 3.8) is 0 Å². The Morgan fingerprint density at radius 2 is 2.00 bits per heavy atom. The number of hydrogen-bond donors (Lipinski definition) is 3. The second-order valence-electron chi connectivity index (χ2n) is 4.40. The van der Waals surface area contributed by atoms with E-state index in [1.807, 2.05) is 13.0 Å². The van der Waals surface area contributed by atoms with Gasteiger partial charge in [0, 0.05) is 19.1 Å². The van der Waals surface area contributed by atoms with E-state index in [4.69, 9.17) is 0 Å². The van der Waals surface area contributed by atoms with Gasteiger partial charge in [0.1, 0.15) is 5.75 Å². The number of carbonyl (C=O) groups excluding carboxylic acids is 1. The first-order chi connectivity index (χ1) is 9.54. The number of amides is 1. The lowest BCUT2D eigenvalue weighted by atomic mass is 10.1. The molecule has 1 atom stereocenters. The molecule has 0 aromatic heterocycles. The van der Waals surface area contributed by atoms with Crippen LogP contribution in [0.3, 0.4) is 0 Å². The van der Waals surface area contributed by atoms with E-state index in [1.165, 1.54) is 13.5 Å². The topological polar surface area (TPSA) is 70.6 Å². The molecule has 1 rings (SSSR count). The molecule has 0 spiro atoms. The normalized spacial score (nSPS) is 11.0. The van der Waals surface area contributed by atoms with Gasteiger partial charge in [0.2, 0.25) is 0 Å². The van der Waals surface area contributed by atoms with Gasteiger partial charge in [-0.25, -0.2) is 4.79 Å². The fourth-order valence-electron chi connectivity index (χ4n) is 1.44. The van der Waals surface area contributed by atoms with Gasteiger partial charge in [0.05, 0.1) is 7.11 Å². The van der Waals surface area contributed by atoms with E-state index in [0.717, 1.165) is 5.56 Å². The van der Waals surface area contributed by atoms with Crippen LogP contribution in [0.15, 0.2) is 24.3 Å². The maximum absolute atomic E-state index is 10.8. The van der Waals surface area contributed by atoms with E-state index in [1.54, 1.807) is 18.2 Å². The molecule has 20 heavy (non-hydrogen) atoms. The molecule has 5 heteroatoms. The lowest BCUT2D eigenvalue weighted by Gasteiger charge is -2.14. The lowest BCUT2D eigenvalue weighted by molar-refractivity contribution is 0.171. The number of benzene rings is 1. The fourth-order valence-corrected chi connectivity index (χ4v) is 1.44. The Morgan fingerprint density at radius 3 is 2.55 bits per heavy atom. The van der Waals surface area contributed by atoms with Crippen LogP contribution in [-0.2, 0) is 4.74 Å². The van der Waals surface area contributed by atoms with Crippen LogP contribution in [0.25, 0.3) is 0 Å². The van der Waals surface area contributed by atoms with Crippen LogP contribution in [0.4, 0.5) is 4.79 Å². The first-order valence-electron chi connectivity index (χ1n) is 6.89. The van der Waals surface area contributed by atoms with Gasteiger partial charge in [0.15, 0.2) is 0 Å². The number of phenolic OH excluding ortho intramolecular Hbond substituents is 1. The zero-order chi connectivity index (χ0) is 15.4. The highest BCUT2D eigenvalue weighted by Gasteiger charge is 2.05. The van der Waals surface area contributed by atoms with E-state index < -0.39 is 6.09 Å². The number of rotatable bonds is 5. The summed E-state index contributed by atoms with van der Waals surface area (Å²) >= 11 is 0. The molecule has 0 fully saturated rings. The van der Waals surface area contributed by atoms with E-state index in [9.17, 15) is 9.90 Å². The Balaban J connectivity index is 0.00000110. The molecule has 0 unspecified atom stereocenters. The molecule has 0 radical (unpaired) electrons. The minimum Gasteiger partial charge on any atom is -0.508 e. The molecule has 1 aromatic rings. The molecule has 0 heterocycles. The second-order valence-corrected chi connectivity index (χ2v) is 4.40. The average Bonchev–Trinajstić information content (AvgIpc) is 2.44. The molecule has 3 N–H and O–H groups in total. The molecule has 5 nitrogen and oxygen atoms in total. The highest BCUT2D eigenvalue weighted by Crippen LogP contribution is 2.17. The number of phenols is 1. The Hall–Kier alpha value is -1.75. The Morgan fingerprint density at radius 1 is 1.35 bits per heavy atom. The monoisotopic (exact) mass is 282 g/mol. The van der Waals surface area contributed by atoms with Crippen molar-refractivity contribution in [2.75, 3.05) is 20.2 Å². The zero-order valence-electron chi connectivity index (χ0n) is 12.8. The fraction of sp³-hybridized carbons (Fsp3) is 0.533. The van der Waals surface area contributed by atoms with Crippen LogP contribution >= 0.6 is 0 Å². The van der Waals surface area contributed by atoms with Crippen molar-refractivity contribution in [1.82, 2.24) is 10.6 Å². The number of hydrogen-bond acceptors (Lipinski definition) is 4. The van der Waals surface area contributed by atoms with Gasteiger partial charge >= 0.3 is 6.09 Å². The smallest absolute Gasteiger partial charge is 0.406 e. The Kier molecular flexibility index (Phi) is 10.1. The lowest BCUT2D eigenvalue weighted by Crippen LogP contribution is -2.32. The van der Waals surface area contributed by atoms with Crippen LogP contribution in [0.5, 0.6) is 5.75 Å². The standard InChI is InChI=1S/C12H18N2O3.C3H8/c1-9(10-4-3-5-11(15)8-10)13-6-7-14-12(16)17-2;1-3-2/h3-5,8-9,13,15H,6-7H2,1-2H3,(H,14,16);3H2,1-2H3/t9-;/m0./s1. The molecule has 0 bridgehead atoms. The predicted molar refractivity (Wildman–Crippen MR) is 80.9 cm³/mol. The molecule has 0 aliphatic heterocycles. The van der Waals surface area contributed by atoms with Crippen molar-refractivity contribution >= 4 is 6.09 Å². The minimum absolute atomic E-state index is 0.113. The number of methoxy groups -OCH3 is 1. The van der Waals surface area contributed by atoms with Crippen molar-refractivity contribution in [1.29, 1.82) is 0 Å². The summed E-state index contributed by atoms with van der Waals surface area (Å²) in [5, 5.41) is 15.1. The number of alkyl carbamates (subject to hydrolysis) is 1. The third kappa shape index (κ3) is 8.37. The summed E-state index contributed by atoms with van der Waals surface area (Å²) in [7, 11) is 1.33. The van der Waals surface area contributed by atoms with Gasteiger partial charge in [-0.1, -0.05) is 32.4 Å². The molecule has 114 valence electrons. The first-order valence-corrected chi connectivity index (χ1v) is 6.89. The van der Waals surface area contributed by atoms with Crippen molar-refractivity contribution < 1.29 is 14.6 Å². The maximum Gasteiger partial charge on any atom is 0.406 e. The second kappa shape index (κ2) is 11.1. The highest BCUT2D eigenvalue weighted by molar-refractivity contribution is 5.66. The van der Waals surface area contributed by atoms with E-state index in [2.05, 4.69) is 29.2 Å². The quantitative estimate of drug-likeness (QED) is 0.726.